The van der Waals surface area contributed by atoms with Crippen molar-refractivity contribution in [2.75, 3.05) is 11.9 Å². The van der Waals surface area contributed by atoms with Crippen molar-refractivity contribution in [3.8, 4) is 17.0 Å². The van der Waals surface area contributed by atoms with Gasteiger partial charge in [0.1, 0.15) is 5.75 Å². The van der Waals surface area contributed by atoms with Gasteiger partial charge in [-0.05, 0) is 71.7 Å². The maximum Gasteiger partial charge on any atom is 0.260 e. The number of hydrogen-bond donors (Lipinski definition) is 1. The highest BCUT2D eigenvalue weighted by molar-refractivity contribution is 6.07. The lowest BCUT2D eigenvalue weighted by Crippen LogP contribution is -2.14. The molecule has 3 aromatic rings. The van der Waals surface area contributed by atoms with Crippen LogP contribution in [0.2, 0.25) is 0 Å². The normalized spacial score (nSPS) is 13.0. The summed E-state index contributed by atoms with van der Waals surface area (Å²) in [5.41, 5.74) is 4.61. The molecule has 0 saturated heterocycles. The number of hydrogen-bond acceptors (Lipinski definition) is 5. The third-order valence-corrected chi connectivity index (χ3v) is 4.94. The van der Waals surface area contributed by atoms with Gasteiger partial charge in [0.05, 0.1) is 12.2 Å². The predicted octanol–water partition coefficient (Wildman–Crippen LogP) is 4.66. The molecule has 1 aliphatic rings. The zero-order valence-electron chi connectivity index (χ0n) is 15.9. The molecule has 6 heteroatoms. The second-order valence-corrected chi connectivity index (χ2v) is 6.95. The van der Waals surface area contributed by atoms with E-state index >= 15 is 0 Å². The molecule has 0 fully saturated rings. The topological polar surface area (TPSA) is 77.2 Å². The molecule has 4 rings (SSSR count). The Hall–Kier alpha value is -3.15. The highest BCUT2D eigenvalue weighted by Crippen LogP contribution is 2.30. The van der Waals surface area contributed by atoms with E-state index in [4.69, 9.17) is 9.37 Å². The van der Waals surface area contributed by atoms with E-state index in [9.17, 15) is 4.79 Å². The summed E-state index contributed by atoms with van der Waals surface area (Å²) in [7, 11) is 0. The molecule has 0 radical (unpaired) electrons. The second-order valence-electron chi connectivity index (χ2n) is 6.95. The number of ether oxygens (including phenoxy) is 1. The number of anilines is 1. The van der Waals surface area contributed by atoms with Crippen LogP contribution in [-0.4, -0.2) is 22.8 Å². The van der Waals surface area contributed by atoms with Crippen LogP contribution in [0.3, 0.4) is 0 Å². The summed E-state index contributed by atoms with van der Waals surface area (Å²) in [5.74, 6) is 0.557. The Balaban J connectivity index is 1.58. The van der Waals surface area contributed by atoms with E-state index in [2.05, 4.69) is 27.8 Å². The molecule has 0 bridgehead atoms. The second kappa shape index (κ2) is 8.25. The number of aromatic nitrogens is 2. The summed E-state index contributed by atoms with van der Waals surface area (Å²) in [6.45, 7) is 2.57. The Bertz CT molecular complexity index is 981. The van der Waals surface area contributed by atoms with Gasteiger partial charge in [-0.25, -0.2) is 4.63 Å². The van der Waals surface area contributed by atoms with E-state index in [1.165, 1.54) is 24.0 Å². The molecule has 1 N–H and O–H groups in total. The van der Waals surface area contributed by atoms with Crippen molar-refractivity contribution < 1.29 is 14.2 Å². The van der Waals surface area contributed by atoms with Gasteiger partial charge in [0.15, 0.2) is 5.69 Å². The van der Waals surface area contributed by atoms with Crippen molar-refractivity contribution >= 4 is 11.7 Å². The van der Waals surface area contributed by atoms with E-state index < -0.39 is 0 Å². The van der Waals surface area contributed by atoms with Crippen LogP contribution < -0.4 is 10.1 Å². The highest BCUT2D eigenvalue weighted by Gasteiger charge is 2.20. The quantitative estimate of drug-likeness (QED) is 0.676. The van der Waals surface area contributed by atoms with Crippen LogP contribution >= 0.6 is 0 Å². The van der Waals surface area contributed by atoms with E-state index in [1.54, 1.807) is 18.2 Å². The lowest BCUT2D eigenvalue weighted by Gasteiger charge is -2.16. The van der Waals surface area contributed by atoms with Gasteiger partial charge in [0, 0.05) is 5.56 Å². The third kappa shape index (κ3) is 3.76. The molecule has 2 aromatic carbocycles. The maximum atomic E-state index is 12.8. The van der Waals surface area contributed by atoms with Crippen molar-refractivity contribution in [3.05, 3.63) is 59.2 Å². The highest BCUT2D eigenvalue weighted by atomic mass is 16.6. The van der Waals surface area contributed by atoms with Gasteiger partial charge in [-0.2, -0.15) is 0 Å². The van der Waals surface area contributed by atoms with Crippen molar-refractivity contribution in [2.45, 2.75) is 39.0 Å². The standard InChI is InChI=1S/C22H23N3O3/c1-2-13-27-19-10-6-5-9-18(19)22(26)23-21-20(24-28-25-21)17-12-11-15-7-3-4-8-16(15)14-17/h5-6,9-12,14H,2-4,7-8,13H2,1H3,(H,23,25,26). The summed E-state index contributed by atoms with van der Waals surface area (Å²) >= 11 is 0. The number of benzene rings is 2. The first-order valence-corrected chi connectivity index (χ1v) is 9.74. The molecule has 6 nitrogen and oxygen atoms in total. The molecule has 0 aliphatic heterocycles. The van der Waals surface area contributed by atoms with Crippen LogP contribution in [0.15, 0.2) is 47.1 Å². The molecule has 0 spiro atoms. The number of rotatable bonds is 6. The average Bonchev–Trinajstić information content (AvgIpc) is 3.20. The number of carbonyl (C=O) groups excluding carboxylic acids is 1. The Morgan fingerprint density at radius 3 is 2.79 bits per heavy atom. The van der Waals surface area contributed by atoms with Gasteiger partial charge < -0.3 is 10.1 Å². The predicted molar refractivity (Wildman–Crippen MR) is 107 cm³/mol. The van der Waals surface area contributed by atoms with Crippen molar-refractivity contribution in [1.82, 2.24) is 10.3 Å². The molecule has 1 amide bonds. The zero-order valence-corrected chi connectivity index (χ0v) is 15.9. The molecule has 1 aromatic heterocycles. The first kappa shape index (κ1) is 18.2. The largest absolute Gasteiger partial charge is 0.493 e. The number of fused-ring (bicyclic) bond motifs is 1. The fourth-order valence-electron chi connectivity index (χ4n) is 3.51. The van der Waals surface area contributed by atoms with Crippen LogP contribution in [0.4, 0.5) is 5.82 Å². The van der Waals surface area contributed by atoms with E-state index in [0.717, 1.165) is 24.8 Å². The third-order valence-electron chi connectivity index (χ3n) is 4.94. The van der Waals surface area contributed by atoms with Crippen LogP contribution in [0, 0.1) is 0 Å². The maximum absolute atomic E-state index is 12.8. The molecule has 28 heavy (non-hydrogen) atoms. The average molecular weight is 377 g/mol. The van der Waals surface area contributed by atoms with Crippen LogP contribution in [0.25, 0.3) is 11.3 Å². The minimum atomic E-state index is -0.304. The molecule has 0 unspecified atom stereocenters. The number of amides is 1. The van der Waals surface area contributed by atoms with Gasteiger partial charge >= 0.3 is 0 Å². The van der Waals surface area contributed by atoms with E-state index in [1.807, 2.05) is 19.1 Å². The number of carbonyl (C=O) groups is 1. The first-order valence-electron chi connectivity index (χ1n) is 9.74. The summed E-state index contributed by atoms with van der Waals surface area (Å²) < 4.78 is 10.6. The fourth-order valence-corrected chi connectivity index (χ4v) is 3.51. The summed E-state index contributed by atoms with van der Waals surface area (Å²) in [5, 5.41) is 10.7. The lowest BCUT2D eigenvalue weighted by atomic mass is 9.90. The van der Waals surface area contributed by atoms with Gasteiger partial charge in [-0.1, -0.05) is 31.2 Å². The monoisotopic (exact) mass is 377 g/mol. The molecule has 0 atom stereocenters. The van der Waals surface area contributed by atoms with E-state index in [-0.39, 0.29) is 5.91 Å². The zero-order chi connectivity index (χ0) is 19.3. The number of nitrogens with one attached hydrogen (secondary N) is 1. The molecule has 144 valence electrons. The van der Waals surface area contributed by atoms with Crippen LogP contribution in [0.1, 0.15) is 47.7 Å². The molecular formula is C22H23N3O3. The van der Waals surface area contributed by atoms with Gasteiger partial charge in [0.25, 0.3) is 5.91 Å². The minimum absolute atomic E-state index is 0.304. The van der Waals surface area contributed by atoms with Gasteiger partial charge in [-0.3, -0.25) is 4.79 Å². The molecular weight excluding hydrogens is 354 g/mol. The number of aryl methyl sites for hydroxylation is 2. The SMILES string of the molecule is CCCOc1ccccc1C(=O)Nc1nonc1-c1ccc2c(c1)CCCC2. The summed E-state index contributed by atoms with van der Waals surface area (Å²) in [6.07, 6.45) is 5.49. The lowest BCUT2D eigenvalue weighted by molar-refractivity contribution is 0.102. The van der Waals surface area contributed by atoms with E-state index in [0.29, 0.717) is 29.4 Å². The summed E-state index contributed by atoms with van der Waals surface area (Å²) in [4.78, 5) is 12.8. The van der Waals surface area contributed by atoms with Gasteiger partial charge in [0.2, 0.25) is 5.82 Å². The Labute approximate surface area is 163 Å². The smallest absolute Gasteiger partial charge is 0.260 e. The number of para-hydroxylation sites is 1. The van der Waals surface area contributed by atoms with Gasteiger partial charge in [-0.15, -0.1) is 0 Å². The first-order chi connectivity index (χ1) is 13.8. The Morgan fingerprint density at radius 1 is 1.11 bits per heavy atom. The summed E-state index contributed by atoms with van der Waals surface area (Å²) in [6, 6.07) is 13.4. The minimum Gasteiger partial charge on any atom is -0.493 e. The Morgan fingerprint density at radius 2 is 1.93 bits per heavy atom. The molecule has 1 heterocycles. The van der Waals surface area contributed by atoms with Crippen molar-refractivity contribution in [1.29, 1.82) is 0 Å². The van der Waals surface area contributed by atoms with Crippen molar-refractivity contribution in [2.24, 2.45) is 0 Å². The molecule has 1 aliphatic carbocycles. The fraction of sp³-hybridized carbons (Fsp3) is 0.318. The Kier molecular flexibility index (Phi) is 5.37. The van der Waals surface area contributed by atoms with Crippen LogP contribution in [0.5, 0.6) is 5.75 Å². The van der Waals surface area contributed by atoms with Crippen molar-refractivity contribution in [3.63, 3.8) is 0 Å². The van der Waals surface area contributed by atoms with Crippen LogP contribution in [-0.2, 0) is 12.8 Å². The number of nitrogens with zero attached hydrogens (tertiary/aromatic N) is 2. The molecule has 0 saturated carbocycles.